The number of nitrogens with two attached hydrogens (primary N) is 2. The molecule has 1 heterocycles. The normalized spacial score (nSPS) is 25.3. The molecule has 1 fully saturated rings. The second kappa shape index (κ2) is 4.92. The number of nitrogens with one attached hydrogen (secondary N) is 2. The van der Waals surface area contributed by atoms with Gasteiger partial charge < -0.3 is 11.1 Å². The van der Waals surface area contributed by atoms with Crippen LogP contribution in [0.5, 0.6) is 0 Å². The first-order valence-electron chi connectivity index (χ1n) is 6.19. The van der Waals surface area contributed by atoms with Gasteiger partial charge in [-0.05, 0) is 46.5 Å². The fourth-order valence-corrected chi connectivity index (χ4v) is 3.14. The second-order valence-electron chi connectivity index (χ2n) is 6.50. The number of amides is 1. The zero-order valence-electron chi connectivity index (χ0n) is 11.3. The maximum atomic E-state index is 11.3. The highest BCUT2D eigenvalue weighted by atomic mass is 16.2. The molecule has 0 aliphatic carbocycles. The van der Waals surface area contributed by atoms with E-state index in [9.17, 15) is 4.79 Å². The molecule has 0 aromatic heterocycles. The van der Waals surface area contributed by atoms with E-state index >= 15 is 0 Å². The third kappa shape index (κ3) is 4.26. The molecule has 0 saturated carbocycles. The Morgan fingerprint density at radius 1 is 1.35 bits per heavy atom. The molecule has 1 aliphatic heterocycles. The molecule has 1 atom stereocenters. The van der Waals surface area contributed by atoms with Crippen LogP contribution in [0.1, 0.15) is 47.0 Å². The molecule has 1 unspecified atom stereocenters. The Morgan fingerprint density at radius 2 is 1.82 bits per heavy atom. The van der Waals surface area contributed by atoms with Crippen LogP contribution < -0.4 is 22.3 Å². The van der Waals surface area contributed by atoms with Crippen LogP contribution in [0.15, 0.2) is 0 Å². The lowest BCUT2D eigenvalue weighted by atomic mass is 9.72. The van der Waals surface area contributed by atoms with Crippen molar-refractivity contribution < 1.29 is 4.79 Å². The summed E-state index contributed by atoms with van der Waals surface area (Å²) in [6.07, 6.45) is 2.26. The van der Waals surface area contributed by atoms with Gasteiger partial charge in [0.25, 0.3) is 0 Å². The van der Waals surface area contributed by atoms with Crippen LogP contribution in [0, 0.1) is 5.92 Å². The molecule has 0 bridgehead atoms. The molecule has 1 saturated heterocycles. The van der Waals surface area contributed by atoms with Crippen LogP contribution in [0.3, 0.4) is 0 Å². The van der Waals surface area contributed by atoms with E-state index in [1.165, 1.54) is 0 Å². The molecule has 100 valence electrons. The smallest absolute Gasteiger partial charge is 0.235 e. The maximum Gasteiger partial charge on any atom is 0.235 e. The zero-order valence-corrected chi connectivity index (χ0v) is 11.3. The van der Waals surface area contributed by atoms with E-state index in [2.05, 4.69) is 38.4 Å². The van der Waals surface area contributed by atoms with Gasteiger partial charge in [0.05, 0.1) is 0 Å². The van der Waals surface area contributed by atoms with Crippen molar-refractivity contribution in [2.75, 3.05) is 0 Å². The minimum absolute atomic E-state index is 0.0588. The van der Waals surface area contributed by atoms with Crippen molar-refractivity contribution in [2.45, 2.75) is 64.1 Å². The van der Waals surface area contributed by atoms with Gasteiger partial charge in [-0.15, -0.1) is 0 Å². The lowest BCUT2D eigenvalue weighted by Crippen LogP contribution is -2.60. The SMILES string of the molecule is CC1(C)CC(C(N)CC(=O)NN)CC(C)(C)N1. The van der Waals surface area contributed by atoms with E-state index in [0.717, 1.165) is 12.8 Å². The Labute approximate surface area is 104 Å². The summed E-state index contributed by atoms with van der Waals surface area (Å²) in [7, 11) is 0. The number of rotatable bonds is 3. The van der Waals surface area contributed by atoms with Crippen LogP contribution >= 0.6 is 0 Å². The number of piperidine rings is 1. The number of hydrogen-bond donors (Lipinski definition) is 4. The number of hydrogen-bond acceptors (Lipinski definition) is 4. The predicted molar refractivity (Wildman–Crippen MR) is 68.9 cm³/mol. The molecule has 0 spiro atoms. The molecular formula is C12H26N4O. The minimum Gasteiger partial charge on any atom is -0.327 e. The highest BCUT2D eigenvalue weighted by Crippen LogP contribution is 2.34. The summed E-state index contributed by atoms with van der Waals surface area (Å²) in [5.41, 5.74) is 8.38. The Morgan fingerprint density at radius 3 is 2.24 bits per heavy atom. The van der Waals surface area contributed by atoms with Gasteiger partial charge in [-0.1, -0.05) is 0 Å². The second-order valence-corrected chi connectivity index (χ2v) is 6.50. The van der Waals surface area contributed by atoms with Crippen molar-refractivity contribution in [3.05, 3.63) is 0 Å². The largest absolute Gasteiger partial charge is 0.327 e. The van der Waals surface area contributed by atoms with E-state index in [1.54, 1.807) is 0 Å². The lowest BCUT2D eigenvalue weighted by molar-refractivity contribution is -0.121. The Hall–Kier alpha value is -0.650. The van der Waals surface area contributed by atoms with Gasteiger partial charge >= 0.3 is 0 Å². The fourth-order valence-electron chi connectivity index (χ4n) is 3.14. The first kappa shape index (κ1) is 14.4. The van der Waals surface area contributed by atoms with E-state index in [1.807, 2.05) is 0 Å². The maximum absolute atomic E-state index is 11.3. The predicted octanol–water partition coefficient (Wildman–Crippen LogP) is 0.251. The summed E-state index contributed by atoms with van der Waals surface area (Å²) in [5, 5.41) is 3.60. The molecule has 6 N–H and O–H groups in total. The van der Waals surface area contributed by atoms with Crippen molar-refractivity contribution >= 4 is 5.91 Å². The molecule has 0 aromatic rings. The van der Waals surface area contributed by atoms with Crippen LogP contribution in [0.2, 0.25) is 0 Å². The Bertz CT molecular complexity index is 272. The fraction of sp³-hybridized carbons (Fsp3) is 0.917. The lowest BCUT2D eigenvalue weighted by Gasteiger charge is -2.48. The van der Waals surface area contributed by atoms with E-state index < -0.39 is 0 Å². The first-order chi connectivity index (χ1) is 7.65. The van der Waals surface area contributed by atoms with Gasteiger partial charge in [0.1, 0.15) is 0 Å². The molecular weight excluding hydrogens is 216 g/mol. The molecule has 1 aliphatic rings. The topological polar surface area (TPSA) is 93.2 Å². The molecule has 0 aromatic carbocycles. The Balaban J connectivity index is 2.67. The number of hydrazine groups is 1. The monoisotopic (exact) mass is 242 g/mol. The highest BCUT2D eigenvalue weighted by Gasteiger charge is 2.39. The average Bonchev–Trinajstić information content (AvgIpc) is 2.12. The van der Waals surface area contributed by atoms with Gasteiger partial charge in [-0.3, -0.25) is 10.2 Å². The van der Waals surface area contributed by atoms with Gasteiger partial charge in [0.15, 0.2) is 0 Å². The van der Waals surface area contributed by atoms with Crippen LogP contribution in [-0.4, -0.2) is 23.0 Å². The van der Waals surface area contributed by atoms with Crippen LogP contribution in [0.4, 0.5) is 0 Å². The summed E-state index contributed by atoms with van der Waals surface area (Å²) >= 11 is 0. The van der Waals surface area contributed by atoms with Crippen molar-refractivity contribution in [2.24, 2.45) is 17.5 Å². The minimum atomic E-state index is -0.188. The van der Waals surface area contributed by atoms with Crippen molar-refractivity contribution in [3.8, 4) is 0 Å². The van der Waals surface area contributed by atoms with Gasteiger partial charge in [-0.25, -0.2) is 5.84 Å². The zero-order chi connectivity index (χ0) is 13.3. The van der Waals surface area contributed by atoms with E-state index in [0.29, 0.717) is 12.3 Å². The van der Waals surface area contributed by atoms with Gasteiger partial charge in [0.2, 0.25) is 5.91 Å². The standard InChI is InChI=1S/C12H26N4O/c1-11(2)6-8(7-12(3,4)16-11)9(13)5-10(17)15-14/h8-9,16H,5-7,13-14H2,1-4H3,(H,15,17). The third-order valence-electron chi connectivity index (χ3n) is 3.41. The Kier molecular flexibility index (Phi) is 4.17. The number of carbonyl (C=O) groups is 1. The summed E-state index contributed by atoms with van der Waals surface area (Å²) in [6, 6.07) is -0.126. The average molecular weight is 242 g/mol. The summed E-state index contributed by atoms with van der Waals surface area (Å²) in [5.74, 6) is 5.25. The van der Waals surface area contributed by atoms with Crippen LogP contribution in [-0.2, 0) is 4.79 Å². The molecule has 1 amide bonds. The van der Waals surface area contributed by atoms with Gasteiger partial charge in [0, 0.05) is 23.5 Å². The third-order valence-corrected chi connectivity index (χ3v) is 3.41. The molecule has 0 radical (unpaired) electrons. The van der Waals surface area contributed by atoms with Gasteiger partial charge in [-0.2, -0.15) is 0 Å². The summed E-state index contributed by atoms with van der Waals surface area (Å²) < 4.78 is 0. The first-order valence-corrected chi connectivity index (χ1v) is 6.19. The molecule has 5 heteroatoms. The molecule has 1 rings (SSSR count). The van der Waals surface area contributed by atoms with Crippen molar-refractivity contribution in [1.82, 2.24) is 10.7 Å². The summed E-state index contributed by atoms with van der Waals surface area (Å²) in [6.45, 7) is 8.71. The van der Waals surface area contributed by atoms with Crippen molar-refractivity contribution in [3.63, 3.8) is 0 Å². The molecule has 17 heavy (non-hydrogen) atoms. The van der Waals surface area contributed by atoms with E-state index in [-0.39, 0.29) is 23.0 Å². The van der Waals surface area contributed by atoms with E-state index in [4.69, 9.17) is 11.6 Å². The van der Waals surface area contributed by atoms with Crippen molar-refractivity contribution in [1.29, 1.82) is 0 Å². The van der Waals surface area contributed by atoms with Crippen LogP contribution in [0.25, 0.3) is 0 Å². The highest BCUT2D eigenvalue weighted by molar-refractivity contribution is 5.75. The number of carbonyl (C=O) groups excluding carboxylic acids is 1. The summed E-state index contributed by atoms with van der Waals surface area (Å²) in [4.78, 5) is 11.3. The molecule has 5 nitrogen and oxygen atoms in total. The quantitative estimate of drug-likeness (QED) is 0.324.